The molecule has 36 heavy (non-hydrogen) atoms. The monoisotopic (exact) mass is 461 g/mol. The van der Waals surface area contributed by atoms with Crippen LogP contribution < -0.4 is 0 Å². The number of benzene rings is 5. The third kappa shape index (κ3) is 2.74. The van der Waals surface area contributed by atoms with Gasteiger partial charge in [-0.3, -0.25) is 4.98 Å². The largest absolute Gasteiger partial charge is 0.256 e. The van der Waals surface area contributed by atoms with Gasteiger partial charge >= 0.3 is 0 Å². The zero-order valence-corrected chi connectivity index (χ0v) is 20.8. The Morgan fingerprint density at radius 1 is 0.528 bits per heavy atom. The molecule has 2 aliphatic carbocycles. The molecule has 0 unspecified atom stereocenters. The predicted octanol–water partition coefficient (Wildman–Crippen LogP) is 8.69. The Morgan fingerprint density at radius 3 is 1.86 bits per heavy atom. The van der Waals surface area contributed by atoms with Gasteiger partial charge in [0.1, 0.15) is 0 Å². The molecule has 172 valence electrons. The van der Waals surface area contributed by atoms with Gasteiger partial charge < -0.3 is 0 Å². The van der Waals surface area contributed by atoms with Crippen LogP contribution in [0.25, 0.3) is 54.7 Å². The SMILES string of the molecule is Cc1cc(C)c2ccc3c4ccnc(-c5cc6c7c(c5)CCc5cccc(c5-7)CC6)c4ccc3c2c1. The second-order valence-corrected chi connectivity index (χ2v) is 10.8. The Bertz CT molecular complexity index is 1860. The van der Waals surface area contributed by atoms with E-state index in [-0.39, 0.29) is 0 Å². The fourth-order valence-corrected chi connectivity index (χ4v) is 7.06. The molecule has 0 aliphatic heterocycles. The molecule has 1 heterocycles. The molecule has 0 spiro atoms. The van der Waals surface area contributed by atoms with E-state index < -0.39 is 0 Å². The van der Waals surface area contributed by atoms with E-state index >= 15 is 0 Å². The van der Waals surface area contributed by atoms with E-state index in [0.29, 0.717) is 0 Å². The molecule has 2 aliphatic rings. The summed E-state index contributed by atoms with van der Waals surface area (Å²) in [5.74, 6) is 0. The Hall–Kier alpha value is -3.97. The molecular formula is C35H27N. The second-order valence-electron chi connectivity index (χ2n) is 10.8. The van der Waals surface area contributed by atoms with E-state index in [2.05, 4.69) is 86.6 Å². The summed E-state index contributed by atoms with van der Waals surface area (Å²) in [6, 6.07) is 27.8. The van der Waals surface area contributed by atoms with E-state index in [9.17, 15) is 0 Å². The molecule has 0 saturated carbocycles. The van der Waals surface area contributed by atoms with Crippen molar-refractivity contribution in [2.75, 3.05) is 0 Å². The smallest absolute Gasteiger partial charge is 0.0780 e. The lowest BCUT2D eigenvalue weighted by Gasteiger charge is -2.30. The molecule has 6 aromatic rings. The van der Waals surface area contributed by atoms with Crippen LogP contribution in [0.5, 0.6) is 0 Å². The van der Waals surface area contributed by atoms with E-state index in [0.717, 1.165) is 31.4 Å². The number of pyridine rings is 1. The number of nitrogens with zero attached hydrogens (tertiary/aromatic N) is 1. The lowest BCUT2D eigenvalue weighted by molar-refractivity contribution is 0.877. The van der Waals surface area contributed by atoms with Crippen LogP contribution >= 0.6 is 0 Å². The fraction of sp³-hybridized carbons (Fsp3) is 0.171. The molecule has 1 nitrogen and oxygen atoms in total. The number of aryl methyl sites for hydroxylation is 6. The van der Waals surface area contributed by atoms with Crippen LogP contribution in [-0.2, 0) is 25.7 Å². The first kappa shape index (κ1) is 20.2. The molecule has 1 aromatic heterocycles. The van der Waals surface area contributed by atoms with Gasteiger partial charge in [-0.05, 0) is 124 Å². The van der Waals surface area contributed by atoms with Crippen LogP contribution in [-0.4, -0.2) is 4.98 Å². The van der Waals surface area contributed by atoms with Gasteiger partial charge in [0.2, 0.25) is 0 Å². The highest BCUT2D eigenvalue weighted by atomic mass is 14.7. The van der Waals surface area contributed by atoms with Crippen molar-refractivity contribution in [3.8, 4) is 22.4 Å². The maximum Gasteiger partial charge on any atom is 0.0780 e. The number of aromatic nitrogens is 1. The van der Waals surface area contributed by atoms with E-state index in [1.807, 2.05) is 6.20 Å². The van der Waals surface area contributed by atoms with Crippen molar-refractivity contribution in [1.29, 1.82) is 0 Å². The van der Waals surface area contributed by atoms with Gasteiger partial charge in [0.25, 0.3) is 0 Å². The van der Waals surface area contributed by atoms with Crippen molar-refractivity contribution < 1.29 is 0 Å². The molecule has 0 fully saturated rings. The van der Waals surface area contributed by atoms with Crippen LogP contribution in [0.2, 0.25) is 0 Å². The first-order chi connectivity index (χ1) is 17.7. The maximum atomic E-state index is 4.96. The predicted molar refractivity (Wildman–Crippen MR) is 152 cm³/mol. The van der Waals surface area contributed by atoms with Gasteiger partial charge in [-0.2, -0.15) is 0 Å². The van der Waals surface area contributed by atoms with Gasteiger partial charge in [0, 0.05) is 17.1 Å². The summed E-state index contributed by atoms with van der Waals surface area (Å²) in [4.78, 5) is 4.96. The lowest BCUT2D eigenvalue weighted by Crippen LogP contribution is -2.14. The third-order valence-corrected chi connectivity index (χ3v) is 8.61. The van der Waals surface area contributed by atoms with Crippen molar-refractivity contribution in [1.82, 2.24) is 4.98 Å². The molecule has 0 N–H and O–H groups in total. The van der Waals surface area contributed by atoms with Crippen molar-refractivity contribution in [3.05, 3.63) is 112 Å². The summed E-state index contributed by atoms with van der Waals surface area (Å²) in [5, 5.41) is 7.86. The van der Waals surface area contributed by atoms with Crippen molar-refractivity contribution in [2.24, 2.45) is 0 Å². The topological polar surface area (TPSA) is 12.9 Å². The summed E-state index contributed by atoms with van der Waals surface area (Å²) in [6.07, 6.45) is 6.51. The Morgan fingerprint density at radius 2 is 1.11 bits per heavy atom. The van der Waals surface area contributed by atoms with Crippen LogP contribution in [0.1, 0.15) is 33.4 Å². The summed E-state index contributed by atoms with van der Waals surface area (Å²) < 4.78 is 0. The third-order valence-electron chi connectivity index (χ3n) is 8.61. The van der Waals surface area contributed by atoms with Crippen LogP contribution in [0.15, 0.2) is 79.0 Å². The minimum Gasteiger partial charge on any atom is -0.256 e. The molecule has 8 rings (SSSR count). The Kier molecular flexibility index (Phi) is 4.09. The highest BCUT2D eigenvalue weighted by Crippen LogP contribution is 2.45. The number of rotatable bonds is 1. The zero-order valence-electron chi connectivity index (χ0n) is 20.8. The summed E-state index contributed by atoms with van der Waals surface area (Å²) in [5.41, 5.74) is 14.1. The highest BCUT2D eigenvalue weighted by Gasteiger charge is 2.26. The van der Waals surface area contributed by atoms with E-state index in [4.69, 9.17) is 4.98 Å². The number of hydrogen-bond donors (Lipinski definition) is 0. The first-order valence-electron chi connectivity index (χ1n) is 13.1. The van der Waals surface area contributed by atoms with Crippen molar-refractivity contribution in [2.45, 2.75) is 39.5 Å². The van der Waals surface area contributed by atoms with Crippen molar-refractivity contribution >= 4 is 32.3 Å². The highest BCUT2D eigenvalue weighted by molar-refractivity contribution is 6.19. The van der Waals surface area contributed by atoms with Crippen LogP contribution in [0, 0.1) is 13.8 Å². The van der Waals surface area contributed by atoms with Gasteiger partial charge in [0.15, 0.2) is 0 Å². The average Bonchev–Trinajstić information content (AvgIpc) is 2.90. The molecule has 0 bridgehead atoms. The minimum absolute atomic E-state index is 1.11. The lowest BCUT2D eigenvalue weighted by atomic mass is 9.74. The standard InChI is InChI=1S/C35H27N/c1-20-16-21(2)27-10-11-28-29(32(27)17-20)12-13-31-30(28)14-15-36-35(31)26-18-24-8-6-22-4-3-5-23-7-9-25(19-26)34(24)33(22)23/h3-5,10-19H,6-9H2,1-2H3. The van der Waals surface area contributed by atoms with Gasteiger partial charge in [-0.25, -0.2) is 0 Å². The normalized spacial score (nSPS) is 13.9. The van der Waals surface area contributed by atoms with Gasteiger partial charge in [-0.1, -0.05) is 60.2 Å². The summed E-state index contributed by atoms with van der Waals surface area (Å²) in [7, 11) is 0. The molecule has 0 radical (unpaired) electrons. The fourth-order valence-electron chi connectivity index (χ4n) is 7.06. The summed E-state index contributed by atoms with van der Waals surface area (Å²) in [6.45, 7) is 4.41. The summed E-state index contributed by atoms with van der Waals surface area (Å²) >= 11 is 0. The molecule has 5 aromatic carbocycles. The Labute approximate surface area is 211 Å². The molecule has 1 heteroatoms. The van der Waals surface area contributed by atoms with Gasteiger partial charge in [-0.15, -0.1) is 0 Å². The average molecular weight is 462 g/mol. The number of fused-ring (bicyclic) bond motifs is 5. The molecule has 0 atom stereocenters. The zero-order chi connectivity index (χ0) is 24.0. The van der Waals surface area contributed by atoms with Crippen LogP contribution in [0.3, 0.4) is 0 Å². The second kappa shape index (κ2) is 7.27. The van der Waals surface area contributed by atoms with E-state index in [1.54, 1.807) is 0 Å². The molecular weight excluding hydrogens is 434 g/mol. The quantitative estimate of drug-likeness (QED) is 0.223. The van der Waals surface area contributed by atoms with E-state index in [1.165, 1.54) is 82.4 Å². The minimum atomic E-state index is 1.11. The Balaban J connectivity index is 1.37. The number of hydrogen-bond acceptors (Lipinski definition) is 1. The van der Waals surface area contributed by atoms with Gasteiger partial charge in [0.05, 0.1) is 5.69 Å². The first-order valence-corrected chi connectivity index (χ1v) is 13.1. The molecule has 0 amide bonds. The molecule has 0 saturated heterocycles. The van der Waals surface area contributed by atoms with Crippen LogP contribution in [0.4, 0.5) is 0 Å². The van der Waals surface area contributed by atoms with Crippen molar-refractivity contribution in [3.63, 3.8) is 0 Å². The maximum absolute atomic E-state index is 4.96.